The minimum absolute atomic E-state index is 0.184. The van der Waals surface area contributed by atoms with Gasteiger partial charge in [0.05, 0.1) is 24.3 Å². The van der Waals surface area contributed by atoms with E-state index in [4.69, 9.17) is 61.2 Å². The Morgan fingerprint density at radius 1 is 0.912 bits per heavy atom. The molecule has 0 atom stereocenters. The first-order valence-corrected chi connectivity index (χ1v) is 12.5. The number of nitrogens with zero attached hydrogens (tertiary/aromatic N) is 1. The normalized spacial score (nSPS) is 10.9. The molecule has 4 nitrogen and oxygen atoms in total. The number of alkyl halides is 2. The van der Waals surface area contributed by atoms with Gasteiger partial charge in [0.1, 0.15) is 28.7 Å². The van der Waals surface area contributed by atoms with Gasteiger partial charge in [0.15, 0.2) is 0 Å². The molecule has 0 aliphatic rings. The highest BCUT2D eigenvalue weighted by atomic mass is 35.5. The average Bonchev–Trinajstić information content (AvgIpc) is 2.79. The van der Waals surface area contributed by atoms with Gasteiger partial charge in [0.2, 0.25) is 0 Å². The van der Waals surface area contributed by atoms with E-state index in [2.05, 4.69) is 6.58 Å². The van der Waals surface area contributed by atoms with E-state index in [0.717, 1.165) is 28.0 Å². The molecule has 0 spiro atoms. The van der Waals surface area contributed by atoms with Crippen molar-refractivity contribution in [2.45, 2.75) is 25.2 Å². The summed E-state index contributed by atoms with van der Waals surface area (Å²) in [6, 6.07) is 13.4. The summed E-state index contributed by atoms with van der Waals surface area (Å²) < 4.78 is 20.1. The fraction of sp³-hybridized carbons (Fsp3) is 0.269. The van der Waals surface area contributed by atoms with Crippen LogP contribution in [-0.2, 0) is 6.54 Å². The van der Waals surface area contributed by atoms with Gasteiger partial charge in [-0.05, 0) is 32.0 Å². The minimum atomic E-state index is -0.598. The van der Waals surface area contributed by atoms with E-state index in [-0.39, 0.29) is 6.61 Å². The van der Waals surface area contributed by atoms with Gasteiger partial charge in [-0.3, -0.25) is 0 Å². The molecule has 0 saturated carbocycles. The number of benzene rings is 2. The van der Waals surface area contributed by atoms with E-state index in [1.54, 1.807) is 0 Å². The topological polar surface area (TPSA) is 32.6 Å². The third-order valence-corrected chi connectivity index (χ3v) is 5.67. The van der Waals surface area contributed by atoms with Gasteiger partial charge in [-0.25, -0.2) is 0 Å². The second-order valence-electron chi connectivity index (χ2n) is 7.33. The molecule has 1 heterocycles. The van der Waals surface area contributed by atoms with Gasteiger partial charge in [0, 0.05) is 45.7 Å². The number of ether oxygens (including phenoxy) is 3. The van der Waals surface area contributed by atoms with Crippen LogP contribution in [0, 0.1) is 4.51 Å². The molecule has 0 fully saturated rings. The van der Waals surface area contributed by atoms with Crippen LogP contribution in [0.4, 0.5) is 0 Å². The van der Waals surface area contributed by atoms with E-state index < -0.39 is 4.84 Å². The lowest BCUT2D eigenvalue weighted by molar-refractivity contribution is 0.324. The maximum atomic E-state index is 6.13. The van der Waals surface area contributed by atoms with Gasteiger partial charge in [-0.15, -0.1) is 23.2 Å². The zero-order valence-corrected chi connectivity index (χ0v) is 22.1. The van der Waals surface area contributed by atoms with E-state index in [0.29, 0.717) is 40.8 Å². The second kappa shape index (κ2) is 12.5. The van der Waals surface area contributed by atoms with Gasteiger partial charge < -0.3 is 18.8 Å². The van der Waals surface area contributed by atoms with Crippen LogP contribution in [0.5, 0.6) is 17.2 Å². The molecule has 0 unspecified atom stereocenters. The number of rotatable bonds is 11. The smallest absolute Gasteiger partial charge is 0.130 e. The standard InChI is InChI=1S/C26H26Cl3NO3S/c1-4-31-18-10-11-20(24(12-18)32-5-2)22-14-30(15-25(28)29)13-21(26(22)34)19-8-6-7-9-23(19)33-16-17(3)27/h6-14,25H,3-5,15-16H2,1-2H3. The van der Waals surface area contributed by atoms with Crippen molar-refractivity contribution >= 4 is 47.0 Å². The SMILES string of the molecule is C=C(Cl)COc1ccccc1-c1cn(CC(Cl)Cl)cc(-c2ccc(OCC)cc2OCC)c1=S. The molecule has 0 aliphatic carbocycles. The molecule has 3 aromatic rings. The Labute approximate surface area is 220 Å². The zero-order valence-electron chi connectivity index (χ0n) is 19.0. The first-order chi connectivity index (χ1) is 16.3. The minimum Gasteiger partial charge on any atom is -0.494 e. The van der Waals surface area contributed by atoms with Crippen LogP contribution in [0.3, 0.4) is 0 Å². The molecule has 0 saturated heterocycles. The number of aromatic nitrogens is 1. The molecule has 3 rings (SSSR count). The number of para-hydroxylation sites is 1. The number of halogens is 3. The summed E-state index contributed by atoms with van der Waals surface area (Å²) in [5, 5.41) is 0.403. The van der Waals surface area contributed by atoms with Crippen molar-refractivity contribution in [1.82, 2.24) is 4.57 Å². The highest BCUT2D eigenvalue weighted by Crippen LogP contribution is 2.39. The molecule has 1 aromatic heterocycles. The molecular formula is C26H26Cl3NO3S. The summed E-state index contributed by atoms with van der Waals surface area (Å²) in [6.07, 6.45) is 3.86. The Balaban J connectivity index is 2.23. The summed E-state index contributed by atoms with van der Waals surface area (Å²) in [6.45, 7) is 9.20. The summed E-state index contributed by atoms with van der Waals surface area (Å²) in [5.41, 5.74) is 3.28. The van der Waals surface area contributed by atoms with Crippen molar-refractivity contribution < 1.29 is 14.2 Å². The third kappa shape index (κ3) is 6.70. The molecular weight excluding hydrogens is 513 g/mol. The van der Waals surface area contributed by atoms with Gasteiger partial charge in [0.25, 0.3) is 0 Å². The molecule has 0 aliphatic heterocycles. The van der Waals surface area contributed by atoms with E-state index in [9.17, 15) is 0 Å². The van der Waals surface area contributed by atoms with Crippen LogP contribution in [0.15, 0.2) is 66.5 Å². The van der Waals surface area contributed by atoms with Crippen LogP contribution in [0.25, 0.3) is 22.3 Å². The lowest BCUT2D eigenvalue weighted by atomic mass is 10.00. The number of pyridine rings is 1. The Hall–Kier alpha value is -2.18. The average molecular weight is 539 g/mol. The molecule has 0 amide bonds. The molecule has 0 N–H and O–H groups in total. The monoisotopic (exact) mass is 537 g/mol. The maximum Gasteiger partial charge on any atom is 0.130 e. The summed E-state index contributed by atoms with van der Waals surface area (Å²) >= 11 is 24.2. The molecule has 180 valence electrons. The van der Waals surface area contributed by atoms with Crippen LogP contribution >= 0.6 is 47.0 Å². The van der Waals surface area contributed by atoms with Crippen LogP contribution in [0.2, 0.25) is 0 Å². The largest absolute Gasteiger partial charge is 0.494 e. The first-order valence-electron chi connectivity index (χ1n) is 10.8. The maximum absolute atomic E-state index is 6.13. The molecule has 2 aromatic carbocycles. The van der Waals surface area contributed by atoms with Crippen LogP contribution in [0.1, 0.15) is 13.8 Å². The fourth-order valence-corrected chi connectivity index (χ4v) is 4.21. The van der Waals surface area contributed by atoms with Gasteiger partial charge >= 0.3 is 0 Å². The predicted octanol–water partition coefficient (Wildman–Crippen LogP) is 8.28. The van der Waals surface area contributed by atoms with Crippen molar-refractivity contribution in [2.24, 2.45) is 0 Å². The highest BCUT2D eigenvalue weighted by Gasteiger charge is 2.17. The van der Waals surface area contributed by atoms with E-state index >= 15 is 0 Å². The Morgan fingerprint density at radius 2 is 1.56 bits per heavy atom. The number of hydrogen-bond donors (Lipinski definition) is 0. The number of hydrogen-bond acceptors (Lipinski definition) is 4. The molecule has 8 heteroatoms. The van der Waals surface area contributed by atoms with Crippen molar-refractivity contribution in [3.8, 4) is 39.5 Å². The molecule has 0 radical (unpaired) electrons. The molecule has 34 heavy (non-hydrogen) atoms. The van der Waals surface area contributed by atoms with Crippen molar-refractivity contribution in [1.29, 1.82) is 0 Å². The summed E-state index contributed by atoms with van der Waals surface area (Å²) in [5.74, 6) is 2.05. The van der Waals surface area contributed by atoms with Crippen molar-refractivity contribution in [3.05, 3.63) is 71.0 Å². The molecule has 0 bridgehead atoms. The van der Waals surface area contributed by atoms with Gasteiger partial charge in [-0.2, -0.15) is 0 Å². The van der Waals surface area contributed by atoms with Crippen LogP contribution in [-0.4, -0.2) is 29.2 Å². The first kappa shape index (κ1) is 26.4. The predicted molar refractivity (Wildman–Crippen MR) is 144 cm³/mol. The third-order valence-electron chi connectivity index (χ3n) is 4.84. The quantitative estimate of drug-likeness (QED) is 0.182. The Kier molecular flexibility index (Phi) is 9.72. The summed E-state index contributed by atoms with van der Waals surface area (Å²) in [4.78, 5) is -0.598. The zero-order chi connectivity index (χ0) is 24.7. The second-order valence-corrected chi connectivity index (χ2v) is 9.55. The van der Waals surface area contributed by atoms with Gasteiger partial charge in [-0.1, -0.05) is 48.6 Å². The fourth-order valence-electron chi connectivity index (χ4n) is 3.51. The summed E-state index contributed by atoms with van der Waals surface area (Å²) in [7, 11) is 0. The van der Waals surface area contributed by atoms with E-state index in [1.165, 1.54) is 0 Å². The van der Waals surface area contributed by atoms with E-state index in [1.807, 2.05) is 73.3 Å². The Bertz CT molecular complexity index is 1210. The highest BCUT2D eigenvalue weighted by molar-refractivity contribution is 7.71. The lowest BCUT2D eigenvalue weighted by Gasteiger charge is -2.18. The van der Waals surface area contributed by atoms with Crippen molar-refractivity contribution in [2.75, 3.05) is 19.8 Å². The van der Waals surface area contributed by atoms with Crippen LogP contribution < -0.4 is 14.2 Å². The Morgan fingerprint density at radius 3 is 2.18 bits per heavy atom. The van der Waals surface area contributed by atoms with Crippen molar-refractivity contribution in [3.63, 3.8) is 0 Å². The lowest BCUT2D eigenvalue weighted by Crippen LogP contribution is -2.07.